The number of nitrogens with one attached hydrogen (secondary N) is 2. The van der Waals surface area contributed by atoms with Crippen LogP contribution >= 0.6 is 11.3 Å². The number of carbonyl (C=O) groups excluding carboxylic acids is 1. The maximum Gasteiger partial charge on any atom is 0.325 e. The van der Waals surface area contributed by atoms with Gasteiger partial charge in [0.2, 0.25) is 5.13 Å². The summed E-state index contributed by atoms with van der Waals surface area (Å²) >= 11 is 1.42. The summed E-state index contributed by atoms with van der Waals surface area (Å²) in [5, 5.41) is 15.2. The van der Waals surface area contributed by atoms with Crippen LogP contribution in [0.4, 0.5) is 15.6 Å². The molecule has 1 aromatic carbocycles. The van der Waals surface area contributed by atoms with Crippen LogP contribution < -0.4 is 15.4 Å². The van der Waals surface area contributed by atoms with Gasteiger partial charge >= 0.3 is 6.03 Å². The zero-order valence-corrected chi connectivity index (χ0v) is 15.1. The Hall–Kier alpha value is -2.41. The Morgan fingerprint density at radius 2 is 2.04 bits per heavy atom. The molecule has 6 nitrogen and oxygen atoms in total. The van der Waals surface area contributed by atoms with Crippen molar-refractivity contribution in [1.82, 2.24) is 10.2 Å². The maximum absolute atomic E-state index is 12.1. The standard InChI is InChI=1S/C18H22N4O2S/c1-2-24-15-10-8-14(9-11-15)19-17(23)20-18-22-21-16(25-18)12-13-6-4-3-5-7-13/h6,8-11H,2-5,7,12H2,1H3,(H2,19,20,22,23). The second kappa shape index (κ2) is 8.62. The van der Waals surface area contributed by atoms with Crippen LogP contribution in [0.3, 0.4) is 0 Å². The molecule has 0 unspecified atom stereocenters. The summed E-state index contributed by atoms with van der Waals surface area (Å²) in [5.41, 5.74) is 2.12. The van der Waals surface area contributed by atoms with Crippen molar-refractivity contribution in [3.63, 3.8) is 0 Å². The minimum Gasteiger partial charge on any atom is -0.494 e. The number of allylic oxidation sites excluding steroid dienone is 2. The molecule has 0 aliphatic heterocycles. The molecule has 7 heteroatoms. The van der Waals surface area contributed by atoms with E-state index in [2.05, 4.69) is 26.9 Å². The number of ether oxygens (including phenoxy) is 1. The third-order valence-electron chi connectivity index (χ3n) is 3.87. The van der Waals surface area contributed by atoms with Gasteiger partial charge in [-0.3, -0.25) is 5.32 Å². The Bertz CT molecular complexity index is 740. The van der Waals surface area contributed by atoms with E-state index >= 15 is 0 Å². The highest BCUT2D eigenvalue weighted by Crippen LogP contribution is 2.24. The van der Waals surface area contributed by atoms with Gasteiger partial charge in [-0.25, -0.2) is 4.79 Å². The molecule has 2 N–H and O–H groups in total. The van der Waals surface area contributed by atoms with Crippen molar-refractivity contribution in [3.8, 4) is 5.75 Å². The Morgan fingerprint density at radius 3 is 2.76 bits per heavy atom. The minimum absolute atomic E-state index is 0.330. The lowest BCUT2D eigenvalue weighted by molar-refractivity contribution is 0.262. The molecule has 0 saturated carbocycles. The van der Waals surface area contributed by atoms with Gasteiger partial charge < -0.3 is 10.1 Å². The molecule has 1 aliphatic rings. The molecule has 1 aliphatic carbocycles. The number of hydrogen-bond acceptors (Lipinski definition) is 5. The van der Waals surface area contributed by atoms with Crippen LogP contribution in [0.2, 0.25) is 0 Å². The molecular formula is C18H22N4O2S. The van der Waals surface area contributed by atoms with Gasteiger partial charge in [0.25, 0.3) is 0 Å². The van der Waals surface area contributed by atoms with Crippen LogP contribution in [0.15, 0.2) is 35.9 Å². The number of amides is 2. The molecule has 0 atom stereocenters. The maximum atomic E-state index is 12.1. The largest absolute Gasteiger partial charge is 0.494 e. The van der Waals surface area contributed by atoms with Crippen LogP contribution in [0, 0.1) is 0 Å². The summed E-state index contributed by atoms with van der Waals surface area (Å²) in [5.74, 6) is 0.777. The fraction of sp³-hybridized carbons (Fsp3) is 0.389. The number of nitrogens with zero attached hydrogens (tertiary/aromatic N) is 2. The van der Waals surface area contributed by atoms with Gasteiger partial charge in [-0.05, 0) is 56.9 Å². The minimum atomic E-state index is -0.330. The summed E-state index contributed by atoms with van der Waals surface area (Å²) in [4.78, 5) is 12.1. The van der Waals surface area contributed by atoms with Crippen molar-refractivity contribution in [2.75, 3.05) is 17.2 Å². The summed E-state index contributed by atoms with van der Waals surface area (Å²) in [6.45, 7) is 2.55. The quantitative estimate of drug-likeness (QED) is 0.739. The third-order valence-corrected chi connectivity index (χ3v) is 4.71. The van der Waals surface area contributed by atoms with Crippen molar-refractivity contribution in [1.29, 1.82) is 0 Å². The lowest BCUT2D eigenvalue weighted by atomic mass is 9.98. The zero-order valence-electron chi connectivity index (χ0n) is 14.2. The van der Waals surface area contributed by atoms with Crippen LogP contribution in [0.1, 0.15) is 37.6 Å². The molecule has 0 radical (unpaired) electrons. The molecule has 1 aromatic heterocycles. The molecule has 25 heavy (non-hydrogen) atoms. The lowest BCUT2D eigenvalue weighted by Crippen LogP contribution is -2.19. The molecular weight excluding hydrogens is 336 g/mol. The number of benzene rings is 1. The molecule has 2 amide bonds. The smallest absolute Gasteiger partial charge is 0.325 e. The highest BCUT2D eigenvalue weighted by molar-refractivity contribution is 7.15. The SMILES string of the molecule is CCOc1ccc(NC(=O)Nc2nnc(CC3=CCCCC3)s2)cc1. The average Bonchev–Trinajstić information content (AvgIpc) is 3.04. The van der Waals surface area contributed by atoms with E-state index in [4.69, 9.17) is 4.74 Å². The van der Waals surface area contributed by atoms with Gasteiger partial charge in [0.15, 0.2) is 0 Å². The summed E-state index contributed by atoms with van der Waals surface area (Å²) in [6.07, 6.45) is 7.96. The molecule has 132 valence electrons. The van der Waals surface area contributed by atoms with E-state index in [1.165, 1.54) is 29.8 Å². The zero-order chi connectivity index (χ0) is 17.5. The first-order valence-electron chi connectivity index (χ1n) is 8.54. The molecule has 3 rings (SSSR count). The Morgan fingerprint density at radius 1 is 1.20 bits per heavy atom. The third kappa shape index (κ3) is 5.29. The van der Waals surface area contributed by atoms with Gasteiger partial charge in [-0.2, -0.15) is 0 Å². The topological polar surface area (TPSA) is 76.1 Å². The Balaban J connectivity index is 1.51. The predicted molar refractivity (Wildman–Crippen MR) is 100 cm³/mol. The van der Waals surface area contributed by atoms with Crippen LogP contribution in [-0.4, -0.2) is 22.8 Å². The normalized spacial score (nSPS) is 13.9. The van der Waals surface area contributed by atoms with E-state index < -0.39 is 0 Å². The van der Waals surface area contributed by atoms with Gasteiger partial charge in [0.05, 0.1) is 6.61 Å². The summed E-state index contributed by atoms with van der Waals surface area (Å²) < 4.78 is 5.38. The average molecular weight is 358 g/mol. The Labute approximate surface area is 151 Å². The van der Waals surface area contributed by atoms with Crippen molar-refractivity contribution in [3.05, 3.63) is 40.9 Å². The van der Waals surface area contributed by atoms with Crippen molar-refractivity contribution in [2.45, 2.75) is 39.0 Å². The fourth-order valence-electron chi connectivity index (χ4n) is 2.70. The molecule has 1 heterocycles. The van der Waals surface area contributed by atoms with E-state index in [-0.39, 0.29) is 6.03 Å². The molecule has 0 fully saturated rings. The van der Waals surface area contributed by atoms with E-state index in [9.17, 15) is 4.79 Å². The highest BCUT2D eigenvalue weighted by Gasteiger charge is 2.11. The van der Waals surface area contributed by atoms with Gasteiger partial charge in [0, 0.05) is 12.1 Å². The first-order valence-corrected chi connectivity index (χ1v) is 9.35. The van der Waals surface area contributed by atoms with Gasteiger partial charge in [-0.15, -0.1) is 10.2 Å². The van der Waals surface area contributed by atoms with Crippen LogP contribution in [0.25, 0.3) is 0 Å². The number of carbonyl (C=O) groups is 1. The fourth-order valence-corrected chi connectivity index (χ4v) is 3.48. The van der Waals surface area contributed by atoms with Crippen LogP contribution in [-0.2, 0) is 6.42 Å². The first kappa shape index (κ1) is 17.4. The first-order chi connectivity index (χ1) is 12.2. The number of hydrogen-bond donors (Lipinski definition) is 2. The second-order valence-electron chi connectivity index (χ2n) is 5.82. The van der Waals surface area contributed by atoms with Gasteiger partial charge in [0.1, 0.15) is 10.8 Å². The van der Waals surface area contributed by atoms with Crippen molar-refractivity contribution < 1.29 is 9.53 Å². The molecule has 0 saturated heterocycles. The molecule has 2 aromatic rings. The monoisotopic (exact) mass is 358 g/mol. The summed E-state index contributed by atoms with van der Waals surface area (Å²) in [7, 11) is 0. The van der Waals surface area contributed by atoms with Gasteiger partial charge in [-0.1, -0.05) is 23.0 Å². The number of anilines is 2. The van der Waals surface area contributed by atoms with Crippen molar-refractivity contribution >= 4 is 28.2 Å². The lowest BCUT2D eigenvalue weighted by Gasteiger charge is -2.10. The van der Waals surface area contributed by atoms with Crippen LogP contribution in [0.5, 0.6) is 5.75 Å². The summed E-state index contributed by atoms with van der Waals surface area (Å²) in [6, 6.07) is 6.90. The predicted octanol–water partition coefficient (Wildman–Crippen LogP) is 4.62. The number of rotatable bonds is 6. The highest BCUT2D eigenvalue weighted by atomic mass is 32.1. The van der Waals surface area contributed by atoms with E-state index in [1.54, 1.807) is 12.1 Å². The van der Waals surface area contributed by atoms with E-state index in [1.807, 2.05) is 19.1 Å². The molecule has 0 bridgehead atoms. The second-order valence-corrected chi connectivity index (χ2v) is 6.88. The van der Waals surface area contributed by atoms with E-state index in [0.29, 0.717) is 17.4 Å². The number of urea groups is 1. The van der Waals surface area contributed by atoms with Crippen molar-refractivity contribution in [2.24, 2.45) is 0 Å². The Kier molecular flexibility index (Phi) is 6.00. The van der Waals surface area contributed by atoms with E-state index in [0.717, 1.165) is 30.0 Å². The molecule has 0 spiro atoms. The number of aromatic nitrogens is 2.